The van der Waals surface area contributed by atoms with E-state index in [9.17, 15) is 23.3 Å². The van der Waals surface area contributed by atoms with Crippen molar-refractivity contribution < 1.29 is 22.8 Å². The van der Waals surface area contributed by atoms with E-state index in [1.54, 1.807) is 6.20 Å². The number of hydrogen-bond donors (Lipinski definition) is 2. The number of nitro benzene ring substituents is 1. The van der Waals surface area contributed by atoms with Gasteiger partial charge in [-0.2, -0.15) is 13.2 Å². The van der Waals surface area contributed by atoms with E-state index in [1.165, 1.54) is 6.07 Å². The number of piperazine rings is 1. The Balaban J connectivity index is 1.28. The van der Waals surface area contributed by atoms with E-state index in [-0.39, 0.29) is 23.4 Å². The maximum Gasteiger partial charge on any atom is 0.423 e. The van der Waals surface area contributed by atoms with E-state index in [4.69, 9.17) is 17.0 Å². The molecule has 1 aromatic carbocycles. The van der Waals surface area contributed by atoms with Gasteiger partial charge in [0, 0.05) is 67.5 Å². The van der Waals surface area contributed by atoms with Crippen LogP contribution in [0.25, 0.3) is 0 Å². The van der Waals surface area contributed by atoms with Gasteiger partial charge in [0.15, 0.2) is 5.11 Å². The molecule has 2 fully saturated rings. The standard InChI is InChI=1S/C27H35F3N6O3S/c1-26(2,3)33-25(40)35-14-12-34(13-15-35)20-10-11-31-24(17-20)39-21-7-4-18(5-8-21)32-19-6-9-23(36(37)38)22(16-19)27(28,29)30/h6,9-11,16-18,21,32H,4-5,7-8,12-15H2,1-3H3,(H,33,40)/t18-,21-. The van der Waals surface area contributed by atoms with Gasteiger partial charge in [-0.1, -0.05) is 0 Å². The first-order chi connectivity index (χ1) is 18.8. The number of rotatable bonds is 6. The van der Waals surface area contributed by atoms with Crippen molar-refractivity contribution in [3.63, 3.8) is 0 Å². The van der Waals surface area contributed by atoms with Crippen LogP contribution in [0.5, 0.6) is 5.88 Å². The summed E-state index contributed by atoms with van der Waals surface area (Å²) in [4.78, 5) is 18.8. The van der Waals surface area contributed by atoms with Crippen LogP contribution in [0.1, 0.15) is 52.0 Å². The van der Waals surface area contributed by atoms with E-state index >= 15 is 0 Å². The summed E-state index contributed by atoms with van der Waals surface area (Å²) < 4.78 is 46.1. The number of alkyl halides is 3. The number of benzene rings is 1. The molecule has 2 aromatic rings. The number of nitrogens with zero attached hydrogens (tertiary/aromatic N) is 4. The molecule has 0 radical (unpaired) electrons. The zero-order valence-corrected chi connectivity index (χ0v) is 23.6. The molecule has 40 heavy (non-hydrogen) atoms. The number of pyridine rings is 1. The lowest BCUT2D eigenvalue weighted by Crippen LogP contribution is -2.55. The maximum atomic E-state index is 13.3. The Morgan fingerprint density at radius 1 is 1.07 bits per heavy atom. The van der Waals surface area contributed by atoms with E-state index in [0.717, 1.165) is 49.1 Å². The quantitative estimate of drug-likeness (QED) is 0.257. The predicted octanol–water partition coefficient (Wildman–Crippen LogP) is 5.61. The second-order valence-electron chi connectivity index (χ2n) is 11.2. The fourth-order valence-corrected chi connectivity index (χ4v) is 5.46. The van der Waals surface area contributed by atoms with Gasteiger partial charge in [0.25, 0.3) is 5.69 Å². The third kappa shape index (κ3) is 7.86. The monoisotopic (exact) mass is 580 g/mol. The molecule has 0 bridgehead atoms. The van der Waals surface area contributed by atoms with Crippen molar-refractivity contribution in [2.24, 2.45) is 0 Å². The van der Waals surface area contributed by atoms with Crippen LogP contribution in [0.15, 0.2) is 36.5 Å². The molecule has 0 atom stereocenters. The zero-order valence-electron chi connectivity index (χ0n) is 22.8. The second kappa shape index (κ2) is 12.0. The molecule has 2 N–H and O–H groups in total. The Bertz CT molecular complexity index is 1210. The minimum Gasteiger partial charge on any atom is -0.474 e. The van der Waals surface area contributed by atoms with Crippen LogP contribution < -0.4 is 20.3 Å². The Kier molecular flexibility index (Phi) is 8.91. The van der Waals surface area contributed by atoms with Gasteiger partial charge in [-0.3, -0.25) is 10.1 Å². The normalized spacial score (nSPS) is 20.1. The van der Waals surface area contributed by atoms with E-state index in [2.05, 4.69) is 46.2 Å². The van der Waals surface area contributed by atoms with E-state index in [1.807, 2.05) is 12.1 Å². The minimum absolute atomic E-state index is 0.0545. The van der Waals surface area contributed by atoms with Gasteiger partial charge < -0.3 is 25.2 Å². The van der Waals surface area contributed by atoms with Crippen LogP contribution in [0.3, 0.4) is 0 Å². The molecular weight excluding hydrogens is 545 g/mol. The molecule has 9 nitrogen and oxygen atoms in total. The smallest absolute Gasteiger partial charge is 0.423 e. The number of hydrogen-bond acceptors (Lipinski definition) is 7. The lowest BCUT2D eigenvalue weighted by molar-refractivity contribution is -0.388. The molecule has 2 aliphatic rings. The number of aromatic nitrogens is 1. The van der Waals surface area contributed by atoms with Gasteiger partial charge in [-0.25, -0.2) is 4.98 Å². The lowest BCUT2D eigenvalue weighted by Gasteiger charge is -2.39. The average molecular weight is 581 g/mol. The van der Waals surface area contributed by atoms with Crippen LogP contribution in [-0.2, 0) is 6.18 Å². The summed E-state index contributed by atoms with van der Waals surface area (Å²) in [7, 11) is 0. The molecule has 13 heteroatoms. The van der Waals surface area contributed by atoms with Crippen molar-refractivity contribution in [1.29, 1.82) is 0 Å². The Morgan fingerprint density at radius 2 is 1.75 bits per heavy atom. The highest BCUT2D eigenvalue weighted by molar-refractivity contribution is 7.80. The van der Waals surface area contributed by atoms with E-state index in [0.29, 0.717) is 31.6 Å². The molecule has 1 aliphatic carbocycles. The van der Waals surface area contributed by atoms with Crippen molar-refractivity contribution in [2.75, 3.05) is 36.4 Å². The maximum absolute atomic E-state index is 13.3. The molecule has 218 valence electrons. The number of nitrogens with one attached hydrogen (secondary N) is 2. The topological polar surface area (TPSA) is 95.8 Å². The first kappa shape index (κ1) is 29.6. The van der Waals surface area contributed by atoms with Gasteiger partial charge in [0.1, 0.15) is 11.7 Å². The molecule has 2 heterocycles. The van der Waals surface area contributed by atoms with Gasteiger partial charge in [-0.05, 0) is 76.9 Å². The van der Waals surface area contributed by atoms with Gasteiger partial charge in [0.2, 0.25) is 5.88 Å². The highest BCUT2D eigenvalue weighted by Crippen LogP contribution is 2.38. The van der Waals surface area contributed by atoms with Gasteiger partial charge in [-0.15, -0.1) is 0 Å². The number of thiocarbonyl (C=S) groups is 1. The van der Waals surface area contributed by atoms with Gasteiger partial charge in [0.05, 0.1) is 4.92 Å². The second-order valence-corrected chi connectivity index (χ2v) is 11.6. The SMILES string of the molecule is CC(C)(C)NC(=S)N1CCN(c2ccnc(O[C@H]3CC[C@H](Nc4ccc([N+](=O)[O-])c(C(F)(F)F)c4)CC3)c2)CC1. The summed E-state index contributed by atoms with van der Waals surface area (Å²) in [6.07, 6.45) is -0.333. The molecule has 1 aromatic heterocycles. The fourth-order valence-electron chi connectivity index (χ4n) is 4.97. The van der Waals surface area contributed by atoms with Crippen LogP contribution in [0, 0.1) is 10.1 Å². The number of nitro groups is 1. The highest BCUT2D eigenvalue weighted by Gasteiger charge is 2.38. The average Bonchev–Trinajstić information content (AvgIpc) is 2.88. The number of halogens is 3. The molecule has 4 rings (SSSR count). The molecule has 1 saturated carbocycles. The van der Waals surface area contributed by atoms with Crippen molar-refractivity contribution in [3.05, 3.63) is 52.2 Å². The fraction of sp³-hybridized carbons (Fsp3) is 0.556. The van der Waals surface area contributed by atoms with Crippen molar-refractivity contribution >= 4 is 34.4 Å². The number of anilines is 2. The lowest BCUT2D eigenvalue weighted by atomic mass is 9.92. The van der Waals surface area contributed by atoms with Crippen LogP contribution in [0.4, 0.5) is 30.2 Å². The molecule has 0 amide bonds. The third-order valence-electron chi connectivity index (χ3n) is 6.96. The summed E-state index contributed by atoms with van der Waals surface area (Å²) in [6, 6.07) is 6.88. The first-order valence-corrected chi connectivity index (χ1v) is 13.8. The molecular formula is C27H35F3N6O3S. The van der Waals surface area contributed by atoms with Gasteiger partial charge >= 0.3 is 6.18 Å². The largest absolute Gasteiger partial charge is 0.474 e. The summed E-state index contributed by atoms with van der Waals surface area (Å²) in [5.41, 5.74) is -1.04. The molecule has 1 aliphatic heterocycles. The van der Waals surface area contributed by atoms with Crippen LogP contribution in [-0.4, -0.2) is 63.8 Å². The predicted molar refractivity (Wildman–Crippen MR) is 152 cm³/mol. The zero-order chi connectivity index (χ0) is 29.1. The third-order valence-corrected chi connectivity index (χ3v) is 7.32. The highest BCUT2D eigenvalue weighted by atomic mass is 32.1. The summed E-state index contributed by atoms with van der Waals surface area (Å²) >= 11 is 5.56. The molecule has 1 saturated heterocycles. The molecule has 0 unspecified atom stereocenters. The van der Waals surface area contributed by atoms with Crippen molar-refractivity contribution in [2.45, 2.75) is 70.3 Å². The van der Waals surface area contributed by atoms with Crippen molar-refractivity contribution in [1.82, 2.24) is 15.2 Å². The Morgan fingerprint density at radius 3 is 2.35 bits per heavy atom. The molecule has 0 spiro atoms. The summed E-state index contributed by atoms with van der Waals surface area (Å²) in [5.74, 6) is 0.548. The summed E-state index contributed by atoms with van der Waals surface area (Å²) in [5, 5.41) is 18.2. The first-order valence-electron chi connectivity index (χ1n) is 13.4. The van der Waals surface area contributed by atoms with Crippen LogP contribution in [0.2, 0.25) is 0 Å². The van der Waals surface area contributed by atoms with Crippen LogP contribution >= 0.6 is 12.2 Å². The van der Waals surface area contributed by atoms with E-state index < -0.39 is 22.4 Å². The summed E-state index contributed by atoms with van der Waals surface area (Å²) in [6.45, 7) is 9.54. The van der Waals surface area contributed by atoms with Crippen molar-refractivity contribution in [3.8, 4) is 5.88 Å². The Labute approximate surface area is 237 Å². The Hall–Kier alpha value is -3.35. The number of ether oxygens (including phenoxy) is 1. The minimum atomic E-state index is -4.81.